The molecule has 4 amide bonds. The highest BCUT2D eigenvalue weighted by Crippen LogP contribution is 2.21. The van der Waals surface area contributed by atoms with Crippen molar-refractivity contribution in [2.45, 2.75) is 76.9 Å². The molecule has 20 heteroatoms. The number of aliphatic carboxylic acids is 1. The predicted octanol–water partition coefficient (Wildman–Crippen LogP) is 1.82. The number of nitrogens with two attached hydrogens (primary N) is 2. The number of carbonyl (C=O) groups excluding carboxylic acids is 4. The Labute approximate surface area is 312 Å². The molecule has 55 heavy (non-hydrogen) atoms. The number of carboxylic acid groups (broad SMARTS) is 1. The molecular formula is C35H44F3N7O10. The Morgan fingerprint density at radius 1 is 0.891 bits per heavy atom. The number of hydrogen-bond donors (Lipinski definition) is 8. The molecule has 0 aliphatic rings. The predicted molar refractivity (Wildman–Crippen MR) is 194 cm³/mol. The number of alkyl halides is 3. The van der Waals surface area contributed by atoms with Crippen molar-refractivity contribution in [2.24, 2.45) is 16.5 Å². The van der Waals surface area contributed by atoms with Crippen LogP contribution in [0.2, 0.25) is 0 Å². The van der Waals surface area contributed by atoms with Crippen LogP contribution in [0.5, 0.6) is 0 Å². The van der Waals surface area contributed by atoms with Gasteiger partial charge in [0, 0.05) is 36.2 Å². The van der Waals surface area contributed by atoms with E-state index in [4.69, 9.17) is 30.5 Å². The summed E-state index contributed by atoms with van der Waals surface area (Å²) in [4.78, 5) is 77.4. The number of alkyl carbamates (subject to hydrolysis) is 1. The molecule has 0 spiro atoms. The number of carboxylic acids is 1. The van der Waals surface area contributed by atoms with Crippen LogP contribution in [0.4, 0.5) is 23.7 Å². The molecule has 3 atom stereocenters. The Kier molecular flexibility index (Phi) is 16.6. The molecule has 1 heterocycles. The van der Waals surface area contributed by atoms with Gasteiger partial charge in [0.25, 0.3) is 0 Å². The average molecular weight is 780 g/mol. The number of aliphatic hydroxyl groups is 1. The summed E-state index contributed by atoms with van der Waals surface area (Å²) in [6.45, 7) is 6.13. The van der Waals surface area contributed by atoms with Crippen LogP contribution in [-0.4, -0.2) is 89.0 Å². The molecule has 0 fully saturated rings. The number of aliphatic hydroxyl groups excluding tert-OH is 1. The van der Waals surface area contributed by atoms with Crippen LogP contribution in [0, 0.1) is 6.92 Å². The third-order valence-corrected chi connectivity index (χ3v) is 7.15. The van der Waals surface area contributed by atoms with E-state index in [0.717, 1.165) is 5.56 Å². The molecule has 0 bridgehead atoms. The van der Waals surface area contributed by atoms with Gasteiger partial charge in [0.2, 0.25) is 17.7 Å². The van der Waals surface area contributed by atoms with Crippen LogP contribution in [0.3, 0.4) is 0 Å². The first-order valence-electron chi connectivity index (χ1n) is 16.6. The van der Waals surface area contributed by atoms with E-state index in [0.29, 0.717) is 16.6 Å². The van der Waals surface area contributed by atoms with Gasteiger partial charge in [-0.05, 0) is 63.8 Å². The number of ether oxygens (including phenoxy) is 1. The Balaban J connectivity index is 0.00000136. The average Bonchev–Trinajstić information content (AvgIpc) is 3.07. The fourth-order valence-electron chi connectivity index (χ4n) is 4.65. The minimum atomic E-state index is -5.08. The first-order chi connectivity index (χ1) is 25.6. The number of rotatable bonds is 14. The summed E-state index contributed by atoms with van der Waals surface area (Å²) in [5.74, 6) is -5.14. The van der Waals surface area contributed by atoms with Gasteiger partial charge in [-0.2, -0.15) is 13.2 Å². The molecule has 0 aliphatic carbocycles. The van der Waals surface area contributed by atoms with E-state index < -0.39 is 71.9 Å². The van der Waals surface area contributed by atoms with E-state index in [1.165, 1.54) is 12.1 Å². The van der Waals surface area contributed by atoms with Crippen molar-refractivity contribution >= 4 is 52.4 Å². The second-order valence-electron chi connectivity index (χ2n) is 12.9. The molecule has 3 rings (SSSR count). The summed E-state index contributed by atoms with van der Waals surface area (Å²) in [6, 6.07) is 11.2. The van der Waals surface area contributed by atoms with E-state index in [1.807, 2.05) is 0 Å². The molecule has 0 saturated carbocycles. The molecule has 17 nitrogen and oxygen atoms in total. The van der Waals surface area contributed by atoms with E-state index in [2.05, 4.69) is 26.3 Å². The Bertz CT molecular complexity index is 1890. The zero-order valence-electron chi connectivity index (χ0n) is 30.4. The summed E-state index contributed by atoms with van der Waals surface area (Å²) in [7, 11) is 0. The third-order valence-electron chi connectivity index (χ3n) is 7.15. The maximum atomic E-state index is 13.4. The van der Waals surface area contributed by atoms with Crippen molar-refractivity contribution in [3.05, 3.63) is 76.1 Å². The van der Waals surface area contributed by atoms with Crippen molar-refractivity contribution < 1.29 is 56.5 Å². The van der Waals surface area contributed by atoms with Gasteiger partial charge in [0.15, 0.2) is 5.96 Å². The second kappa shape index (κ2) is 20.3. The summed E-state index contributed by atoms with van der Waals surface area (Å²) < 4.78 is 42.3. The number of nitrogens with one attached hydrogen (secondary N) is 4. The number of fused-ring (bicyclic) bond motifs is 1. The van der Waals surface area contributed by atoms with E-state index >= 15 is 0 Å². The maximum absolute atomic E-state index is 13.4. The molecule has 0 aliphatic heterocycles. The Morgan fingerprint density at radius 2 is 1.49 bits per heavy atom. The smallest absolute Gasteiger partial charge is 0.475 e. The Hall–Kier alpha value is -6.18. The third kappa shape index (κ3) is 16.2. The quantitative estimate of drug-likeness (QED) is 0.0504. The van der Waals surface area contributed by atoms with Gasteiger partial charge >= 0.3 is 23.9 Å². The number of halogens is 3. The summed E-state index contributed by atoms with van der Waals surface area (Å²) in [5, 5.41) is 28.2. The minimum Gasteiger partial charge on any atom is -0.475 e. The Morgan fingerprint density at radius 3 is 2.05 bits per heavy atom. The van der Waals surface area contributed by atoms with Crippen molar-refractivity contribution in [3.8, 4) is 0 Å². The normalized spacial score (nSPS) is 12.8. The molecule has 0 radical (unpaired) electrons. The molecule has 10 N–H and O–H groups in total. The van der Waals surface area contributed by atoms with Gasteiger partial charge in [0.1, 0.15) is 29.3 Å². The zero-order valence-corrected chi connectivity index (χ0v) is 30.4. The molecule has 0 unspecified atom stereocenters. The highest BCUT2D eigenvalue weighted by atomic mass is 19.4. The van der Waals surface area contributed by atoms with Gasteiger partial charge in [-0.15, -0.1) is 0 Å². The minimum absolute atomic E-state index is 0.0624. The lowest BCUT2D eigenvalue weighted by Crippen LogP contribution is -2.58. The van der Waals surface area contributed by atoms with Crippen LogP contribution in [0.25, 0.3) is 11.0 Å². The van der Waals surface area contributed by atoms with Gasteiger partial charge in [0.05, 0.1) is 6.61 Å². The van der Waals surface area contributed by atoms with Crippen molar-refractivity contribution in [3.63, 3.8) is 0 Å². The number of amides is 4. The molecule has 1 aromatic heterocycles. The zero-order chi connectivity index (χ0) is 41.5. The largest absolute Gasteiger partial charge is 0.490 e. The molecule has 3 aromatic rings. The van der Waals surface area contributed by atoms with Gasteiger partial charge in [-0.3, -0.25) is 19.4 Å². The lowest BCUT2D eigenvalue weighted by Gasteiger charge is -2.26. The first kappa shape index (κ1) is 45.0. The van der Waals surface area contributed by atoms with Crippen LogP contribution in [0.15, 0.2) is 68.8 Å². The fourth-order valence-corrected chi connectivity index (χ4v) is 4.65. The number of benzene rings is 2. The number of guanidine groups is 1. The summed E-state index contributed by atoms with van der Waals surface area (Å²) in [5.41, 5.74) is 11.4. The maximum Gasteiger partial charge on any atom is 0.490 e. The number of nitrogens with zero attached hydrogens (tertiary/aromatic N) is 1. The van der Waals surface area contributed by atoms with Gasteiger partial charge < -0.3 is 52.1 Å². The monoisotopic (exact) mass is 779 g/mol. The lowest BCUT2D eigenvalue weighted by atomic mass is 10.0. The first-order valence-corrected chi connectivity index (χ1v) is 16.6. The number of aliphatic imine (C=N–C) groups is 1. The lowest BCUT2D eigenvalue weighted by molar-refractivity contribution is -0.192. The van der Waals surface area contributed by atoms with Crippen molar-refractivity contribution in [2.75, 3.05) is 18.5 Å². The number of anilines is 1. The molecule has 300 valence electrons. The van der Waals surface area contributed by atoms with Crippen molar-refractivity contribution in [1.82, 2.24) is 16.0 Å². The van der Waals surface area contributed by atoms with Crippen molar-refractivity contribution in [1.29, 1.82) is 0 Å². The standard InChI is InChI=1S/C33H43N7O8.C2HF3O2/c1-19-15-27(42)47-26-17-21(12-13-22(19)26)37-28(43)23(11-8-14-36-31(34)35)38-30(45)25(18-41)39-29(44)24(16-20-9-6-5-7-10-20)40-32(46)48-33(2,3)4;3-2(4,5)1(6)7/h5-7,9-10,12-13,15,17,23-25,41H,8,11,14,16,18H2,1-4H3,(H,37,43)(H,38,45)(H,39,44)(H,40,46)(H4,34,35,36);(H,6,7)/t23-,24-,25-;/m0./s1. The fraction of sp³-hybridized carbons (Fsp3) is 0.400. The van der Waals surface area contributed by atoms with Crippen LogP contribution in [0.1, 0.15) is 44.7 Å². The van der Waals surface area contributed by atoms with Crippen LogP contribution >= 0.6 is 0 Å². The molecular weight excluding hydrogens is 735 g/mol. The number of carbonyl (C=O) groups is 5. The summed E-state index contributed by atoms with van der Waals surface area (Å²) >= 11 is 0. The SMILES string of the molecule is Cc1cc(=O)oc2cc(NC(=O)[C@H](CCCN=C(N)N)NC(=O)[C@H](CO)NC(=O)[C@H](Cc3ccccc3)NC(=O)OC(C)(C)C)ccc12.O=C(O)C(F)(F)F. The van der Waals surface area contributed by atoms with Gasteiger partial charge in [-0.1, -0.05) is 30.3 Å². The number of aryl methyl sites for hydroxylation is 1. The van der Waals surface area contributed by atoms with E-state index in [1.54, 1.807) is 70.2 Å². The van der Waals surface area contributed by atoms with Gasteiger partial charge in [-0.25, -0.2) is 14.4 Å². The van der Waals surface area contributed by atoms with Crippen LogP contribution < -0.4 is 38.4 Å². The molecule has 0 saturated heterocycles. The highest BCUT2D eigenvalue weighted by Gasteiger charge is 2.38. The van der Waals surface area contributed by atoms with Crippen LogP contribution in [-0.2, 0) is 30.3 Å². The highest BCUT2D eigenvalue weighted by molar-refractivity contribution is 6.00. The number of hydrogen-bond acceptors (Lipinski definition) is 10. The topological polar surface area (TPSA) is 278 Å². The molecule has 2 aromatic carbocycles. The van der Waals surface area contributed by atoms with E-state index in [9.17, 15) is 42.3 Å². The summed E-state index contributed by atoms with van der Waals surface area (Å²) in [6.07, 6.45) is -5.49. The second-order valence-corrected chi connectivity index (χ2v) is 12.9. The van der Waals surface area contributed by atoms with E-state index in [-0.39, 0.29) is 37.3 Å².